The predicted molar refractivity (Wildman–Crippen MR) is 68.4 cm³/mol. The van der Waals surface area contributed by atoms with E-state index in [1.54, 1.807) is 0 Å². The van der Waals surface area contributed by atoms with Crippen LogP contribution in [0.25, 0.3) is 0 Å². The zero-order valence-corrected chi connectivity index (χ0v) is 9.96. The highest BCUT2D eigenvalue weighted by Crippen LogP contribution is 2.40. The van der Waals surface area contributed by atoms with Gasteiger partial charge in [-0.1, -0.05) is 70.0 Å². The zero-order valence-electron chi connectivity index (χ0n) is 9.96. The minimum Gasteiger partial charge on any atom is -0.0779 e. The van der Waals surface area contributed by atoms with Gasteiger partial charge in [0, 0.05) is 7.74 Å². The van der Waals surface area contributed by atoms with E-state index in [-0.39, 0.29) is 0 Å². The molecule has 0 bridgehead atoms. The molecule has 0 N–H and O–H groups in total. The average Bonchev–Trinajstić information content (AvgIpc) is 2.71. The highest BCUT2D eigenvalue weighted by Gasteiger charge is 2.27. The van der Waals surface area contributed by atoms with Gasteiger partial charge in [-0.15, -0.1) is 0 Å². The molecule has 0 spiro atoms. The van der Waals surface area contributed by atoms with E-state index in [9.17, 15) is 0 Å². The standard InChI is InChI=1S/C13H23B2/c14-15-13-9-3-1-2-8-12(10-13)11-6-4-5-7-11/h11-13H,1-10H2. The zero-order chi connectivity index (χ0) is 10.5. The summed E-state index contributed by atoms with van der Waals surface area (Å²) in [5.41, 5.74) is 0. The summed E-state index contributed by atoms with van der Waals surface area (Å²) in [5, 5.41) is 0. The van der Waals surface area contributed by atoms with Crippen molar-refractivity contribution in [3.63, 3.8) is 0 Å². The van der Waals surface area contributed by atoms with Gasteiger partial charge in [-0.2, -0.15) is 0 Å². The Morgan fingerprint density at radius 1 is 0.733 bits per heavy atom. The van der Waals surface area contributed by atoms with E-state index >= 15 is 0 Å². The molecule has 2 saturated carbocycles. The second-order valence-corrected chi connectivity index (χ2v) is 5.63. The molecule has 0 heterocycles. The Morgan fingerprint density at radius 3 is 2.07 bits per heavy atom. The largest absolute Gasteiger partial charge is 0.0779 e. The van der Waals surface area contributed by atoms with E-state index < -0.39 is 0 Å². The Hall–Kier alpha value is 0.130. The number of rotatable bonds is 2. The lowest BCUT2D eigenvalue weighted by Gasteiger charge is -2.30. The van der Waals surface area contributed by atoms with Crippen LogP contribution in [-0.2, 0) is 0 Å². The van der Waals surface area contributed by atoms with Crippen LogP contribution in [0.15, 0.2) is 0 Å². The van der Waals surface area contributed by atoms with Crippen LogP contribution >= 0.6 is 0 Å². The first kappa shape index (κ1) is 11.6. The molecule has 0 aliphatic heterocycles. The molecule has 0 saturated heterocycles. The molecule has 81 valence electrons. The maximum absolute atomic E-state index is 5.76. The molecule has 2 atom stereocenters. The Morgan fingerprint density at radius 2 is 1.33 bits per heavy atom. The molecule has 3 radical (unpaired) electrons. The lowest BCUT2D eigenvalue weighted by Crippen LogP contribution is -2.19. The highest BCUT2D eigenvalue weighted by atomic mass is 14.3. The van der Waals surface area contributed by atoms with Crippen molar-refractivity contribution in [2.24, 2.45) is 11.8 Å². The van der Waals surface area contributed by atoms with Gasteiger partial charge in [0.1, 0.15) is 0 Å². The molecular formula is C13H23B2. The maximum Gasteiger partial charge on any atom is 0.0587 e. The van der Waals surface area contributed by atoms with Gasteiger partial charge in [0.25, 0.3) is 0 Å². The molecule has 0 amide bonds. The summed E-state index contributed by atoms with van der Waals surface area (Å²) in [6.45, 7) is 0. The number of hydrogen-bond donors (Lipinski definition) is 0. The molecule has 0 aromatic heterocycles. The first-order valence-electron chi connectivity index (χ1n) is 6.95. The van der Waals surface area contributed by atoms with E-state index in [2.05, 4.69) is 0 Å². The minimum atomic E-state index is 0.718. The fourth-order valence-corrected chi connectivity index (χ4v) is 3.65. The van der Waals surface area contributed by atoms with Crippen molar-refractivity contribution in [2.75, 3.05) is 0 Å². The molecule has 2 aliphatic rings. The fourth-order valence-electron chi connectivity index (χ4n) is 3.65. The molecule has 15 heavy (non-hydrogen) atoms. The SMILES string of the molecule is [B][B]C1CCCCCC(C2CCCC2)C1. The maximum atomic E-state index is 5.76. The molecule has 0 aromatic rings. The van der Waals surface area contributed by atoms with E-state index in [1.165, 1.54) is 64.2 Å². The van der Waals surface area contributed by atoms with Crippen LogP contribution in [0.4, 0.5) is 0 Å². The normalized spacial score (nSPS) is 34.7. The van der Waals surface area contributed by atoms with Gasteiger partial charge < -0.3 is 0 Å². The summed E-state index contributed by atoms with van der Waals surface area (Å²) in [6, 6.07) is 0. The van der Waals surface area contributed by atoms with Crippen molar-refractivity contribution in [1.82, 2.24) is 0 Å². The summed E-state index contributed by atoms with van der Waals surface area (Å²) < 4.78 is 0. The molecule has 2 rings (SSSR count). The Labute approximate surface area is 97.2 Å². The summed E-state index contributed by atoms with van der Waals surface area (Å²) in [6.07, 6.45) is 14.5. The van der Waals surface area contributed by atoms with Gasteiger partial charge in [0.2, 0.25) is 0 Å². The summed E-state index contributed by atoms with van der Waals surface area (Å²) >= 11 is 0. The molecule has 2 aliphatic carbocycles. The van der Waals surface area contributed by atoms with E-state index in [1.807, 2.05) is 7.17 Å². The van der Waals surface area contributed by atoms with Gasteiger partial charge in [-0.25, -0.2) is 0 Å². The Balaban J connectivity index is 1.88. The molecular weight excluding hydrogens is 178 g/mol. The van der Waals surface area contributed by atoms with Crippen molar-refractivity contribution in [2.45, 2.75) is 70.0 Å². The van der Waals surface area contributed by atoms with Crippen molar-refractivity contribution in [3.8, 4) is 0 Å². The lowest BCUT2D eigenvalue weighted by atomic mass is 9.44. The molecule has 2 fully saturated rings. The minimum absolute atomic E-state index is 0.718. The van der Waals surface area contributed by atoms with Crippen molar-refractivity contribution in [3.05, 3.63) is 0 Å². The van der Waals surface area contributed by atoms with Crippen molar-refractivity contribution in [1.29, 1.82) is 0 Å². The molecule has 0 nitrogen and oxygen atoms in total. The van der Waals surface area contributed by atoms with Crippen molar-refractivity contribution >= 4 is 14.9 Å². The van der Waals surface area contributed by atoms with Gasteiger partial charge >= 0.3 is 0 Å². The van der Waals surface area contributed by atoms with Crippen LogP contribution in [0.5, 0.6) is 0 Å². The third-order valence-corrected chi connectivity index (χ3v) is 4.59. The molecule has 2 heteroatoms. The van der Waals surface area contributed by atoms with Crippen molar-refractivity contribution < 1.29 is 0 Å². The molecule has 2 unspecified atom stereocenters. The van der Waals surface area contributed by atoms with Gasteiger partial charge in [-0.3, -0.25) is 0 Å². The van der Waals surface area contributed by atoms with Crippen LogP contribution in [-0.4, -0.2) is 14.9 Å². The van der Waals surface area contributed by atoms with E-state index in [0.717, 1.165) is 17.7 Å². The summed E-state index contributed by atoms with van der Waals surface area (Å²) in [5.74, 6) is 2.76. The van der Waals surface area contributed by atoms with Gasteiger partial charge in [0.05, 0.1) is 7.17 Å². The second-order valence-electron chi connectivity index (χ2n) is 5.63. The second kappa shape index (κ2) is 6.01. The van der Waals surface area contributed by atoms with Gasteiger partial charge in [-0.05, 0) is 11.8 Å². The predicted octanol–water partition coefficient (Wildman–Crippen LogP) is 3.72. The molecule has 0 aromatic carbocycles. The van der Waals surface area contributed by atoms with Crippen LogP contribution < -0.4 is 0 Å². The summed E-state index contributed by atoms with van der Waals surface area (Å²) in [4.78, 5) is 0. The third-order valence-electron chi connectivity index (χ3n) is 4.59. The first-order chi connectivity index (χ1) is 7.40. The smallest absolute Gasteiger partial charge is 0.0587 e. The summed E-state index contributed by atoms with van der Waals surface area (Å²) in [7, 11) is 7.74. The van der Waals surface area contributed by atoms with Crippen LogP contribution in [0.3, 0.4) is 0 Å². The number of hydrogen-bond acceptors (Lipinski definition) is 0. The van der Waals surface area contributed by atoms with Crippen LogP contribution in [0, 0.1) is 11.8 Å². The monoisotopic (exact) mass is 201 g/mol. The quantitative estimate of drug-likeness (QED) is 0.597. The fraction of sp³-hybridized carbons (Fsp3) is 1.00. The average molecular weight is 201 g/mol. The third kappa shape index (κ3) is 3.29. The first-order valence-corrected chi connectivity index (χ1v) is 6.95. The topological polar surface area (TPSA) is 0 Å². The van der Waals surface area contributed by atoms with E-state index in [4.69, 9.17) is 7.74 Å². The van der Waals surface area contributed by atoms with Crippen LogP contribution in [0.1, 0.15) is 64.2 Å². The Kier molecular flexibility index (Phi) is 4.65. The van der Waals surface area contributed by atoms with E-state index in [0.29, 0.717) is 0 Å². The Bertz CT molecular complexity index is 175. The van der Waals surface area contributed by atoms with Crippen LogP contribution in [0.2, 0.25) is 5.82 Å². The highest BCUT2D eigenvalue weighted by molar-refractivity contribution is 6.90. The lowest BCUT2D eigenvalue weighted by molar-refractivity contribution is 0.269. The van der Waals surface area contributed by atoms with Gasteiger partial charge in [0.15, 0.2) is 0 Å².